The third kappa shape index (κ3) is 3.75. The van der Waals surface area contributed by atoms with E-state index >= 15 is 0 Å². The molecule has 0 amide bonds. The summed E-state index contributed by atoms with van der Waals surface area (Å²) in [7, 11) is -3.93. The molecule has 146 valence electrons. The Morgan fingerprint density at radius 3 is 2.24 bits per heavy atom. The number of hydrogen-bond donors (Lipinski definition) is 2. The van der Waals surface area contributed by atoms with Crippen molar-refractivity contribution in [1.29, 1.82) is 0 Å². The Kier molecular flexibility index (Phi) is 4.87. The van der Waals surface area contributed by atoms with Gasteiger partial charge in [0.05, 0.1) is 15.9 Å². The molecular weight excluding hydrogens is 390 g/mol. The van der Waals surface area contributed by atoms with Gasteiger partial charge in [0.2, 0.25) is 10.0 Å². The number of aromatic amines is 1. The minimum absolute atomic E-state index is 0.0381. The monoisotopic (exact) mass is 407 g/mol. The van der Waals surface area contributed by atoms with Gasteiger partial charge < -0.3 is 4.98 Å². The first kappa shape index (κ1) is 18.9. The normalized spacial score (nSPS) is 12.7. The molecule has 1 aromatic heterocycles. The van der Waals surface area contributed by atoms with Crippen molar-refractivity contribution in [3.8, 4) is 0 Å². The second-order valence-corrected chi connectivity index (χ2v) is 8.22. The topological polar surface area (TPSA) is 105 Å². The number of hydrogen-bond acceptors (Lipinski definition) is 4. The van der Waals surface area contributed by atoms with Crippen molar-refractivity contribution in [3.05, 3.63) is 106 Å². The van der Waals surface area contributed by atoms with Gasteiger partial charge in [-0.1, -0.05) is 48.5 Å². The molecule has 4 aromatic rings. The summed E-state index contributed by atoms with van der Waals surface area (Å²) in [4.78, 5) is 13.4. The van der Waals surface area contributed by atoms with E-state index in [1.807, 2.05) is 54.6 Å². The lowest BCUT2D eigenvalue weighted by Crippen LogP contribution is -2.29. The van der Waals surface area contributed by atoms with Crippen LogP contribution in [0.2, 0.25) is 0 Å². The third-order valence-electron chi connectivity index (χ3n) is 4.70. The van der Waals surface area contributed by atoms with Gasteiger partial charge in [0.1, 0.15) is 0 Å². The number of nitrogens with one attached hydrogen (secondary N) is 2. The zero-order valence-corrected chi connectivity index (χ0v) is 16.0. The number of benzene rings is 3. The molecule has 0 saturated carbocycles. The van der Waals surface area contributed by atoms with E-state index in [4.69, 9.17) is 0 Å². The van der Waals surface area contributed by atoms with Crippen molar-refractivity contribution in [2.24, 2.45) is 0 Å². The predicted molar refractivity (Wildman–Crippen MR) is 110 cm³/mol. The molecule has 0 aliphatic heterocycles. The highest BCUT2D eigenvalue weighted by Crippen LogP contribution is 2.30. The molecule has 3 aromatic carbocycles. The number of fused-ring (bicyclic) bond motifs is 1. The first-order valence-corrected chi connectivity index (χ1v) is 10.3. The molecule has 0 aliphatic carbocycles. The summed E-state index contributed by atoms with van der Waals surface area (Å²) in [6.45, 7) is 0. The maximum atomic E-state index is 13.0. The van der Waals surface area contributed by atoms with Crippen LogP contribution in [0.15, 0.2) is 90.0 Å². The number of rotatable bonds is 6. The van der Waals surface area contributed by atoms with Crippen LogP contribution in [0.3, 0.4) is 0 Å². The molecule has 2 N–H and O–H groups in total. The summed E-state index contributed by atoms with van der Waals surface area (Å²) >= 11 is 0. The average Bonchev–Trinajstić information content (AvgIpc) is 3.17. The first-order chi connectivity index (χ1) is 14.0. The Bertz CT molecular complexity index is 1270. The second-order valence-electron chi connectivity index (χ2n) is 6.51. The van der Waals surface area contributed by atoms with Crippen molar-refractivity contribution in [3.63, 3.8) is 0 Å². The molecule has 0 saturated heterocycles. The minimum Gasteiger partial charge on any atom is -0.361 e. The quantitative estimate of drug-likeness (QED) is 0.370. The maximum Gasteiger partial charge on any atom is 0.269 e. The first-order valence-electron chi connectivity index (χ1n) is 8.83. The number of nitrogens with zero attached hydrogens (tertiary/aromatic N) is 1. The van der Waals surface area contributed by atoms with E-state index in [1.165, 1.54) is 24.3 Å². The summed E-state index contributed by atoms with van der Waals surface area (Å²) in [5, 5.41) is 11.8. The maximum absolute atomic E-state index is 13.0. The van der Waals surface area contributed by atoms with Crippen LogP contribution >= 0.6 is 0 Å². The lowest BCUT2D eigenvalue weighted by Gasteiger charge is -2.19. The van der Waals surface area contributed by atoms with E-state index in [1.54, 1.807) is 6.20 Å². The van der Waals surface area contributed by atoms with E-state index in [0.717, 1.165) is 22.0 Å². The number of para-hydroxylation sites is 1. The summed E-state index contributed by atoms with van der Waals surface area (Å²) in [5.41, 5.74) is 2.30. The van der Waals surface area contributed by atoms with Crippen molar-refractivity contribution in [2.75, 3.05) is 0 Å². The van der Waals surface area contributed by atoms with Crippen LogP contribution in [-0.2, 0) is 10.0 Å². The van der Waals surface area contributed by atoms with Crippen LogP contribution in [0, 0.1) is 10.1 Å². The Balaban J connectivity index is 1.77. The molecule has 4 rings (SSSR count). The summed E-state index contributed by atoms with van der Waals surface area (Å²) in [6.07, 6.45) is 1.79. The van der Waals surface area contributed by atoms with Gasteiger partial charge in [-0.15, -0.1) is 0 Å². The smallest absolute Gasteiger partial charge is 0.269 e. The van der Waals surface area contributed by atoms with Crippen LogP contribution in [-0.4, -0.2) is 18.3 Å². The highest BCUT2D eigenvalue weighted by Gasteiger charge is 2.25. The molecule has 0 fully saturated rings. The van der Waals surface area contributed by atoms with Crippen molar-refractivity contribution in [2.45, 2.75) is 10.9 Å². The highest BCUT2D eigenvalue weighted by molar-refractivity contribution is 7.89. The lowest BCUT2D eigenvalue weighted by molar-refractivity contribution is -0.384. The van der Waals surface area contributed by atoms with Gasteiger partial charge in [0.25, 0.3) is 5.69 Å². The summed E-state index contributed by atoms with van der Waals surface area (Å²) in [6, 6.07) is 21.1. The Labute approximate surface area is 167 Å². The Morgan fingerprint density at radius 1 is 0.897 bits per heavy atom. The van der Waals surface area contributed by atoms with Gasteiger partial charge >= 0.3 is 0 Å². The number of sulfonamides is 1. The molecule has 0 unspecified atom stereocenters. The van der Waals surface area contributed by atoms with Gasteiger partial charge in [-0.3, -0.25) is 10.1 Å². The molecule has 0 spiro atoms. The molecule has 1 heterocycles. The Hall–Kier alpha value is -3.49. The fourth-order valence-corrected chi connectivity index (χ4v) is 4.46. The van der Waals surface area contributed by atoms with Gasteiger partial charge in [-0.2, -0.15) is 4.72 Å². The standard InChI is InChI=1S/C21H17N3O4S/c25-24(26)16-10-12-17(13-11-16)29(27,28)23-21(15-6-2-1-3-7-15)19-14-22-20-9-5-4-8-18(19)20/h1-14,21-23H/t21-/m0/s1. The molecular formula is C21H17N3O4S. The number of nitro benzene ring substituents is 1. The van der Waals surface area contributed by atoms with E-state index in [2.05, 4.69) is 9.71 Å². The molecule has 0 radical (unpaired) electrons. The van der Waals surface area contributed by atoms with Gasteiger partial charge in [0.15, 0.2) is 0 Å². The van der Waals surface area contributed by atoms with E-state index in [0.29, 0.717) is 0 Å². The van der Waals surface area contributed by atoms with Gasteiger partial charge in [0, 0.05) is 29.2 Å². The Morgan fingerprint density at radius 2 is 1.55 bits per heavy atom. The van der Waals surface area contributed by atoms with Crippen molar-refractivity contribution >= 4 is 26.6 Å². The summed E-state index contributed by atoms with van der Waals surface area (Å²) in [5.74, 6) is 0. The van der Waals surface area contributed by atoms with Crippen LogP contribution in [0.5, 0.6) is 0 Å². The zero-order valence-electron chi connectivity index (χ0n) is 15.1. The van der Waals surface area contributed by atoms with E-state index < -0.39 is 21.0 Å². The number of H-pyrrole nitrogens is 1. The summed E-state index contributed by atoms with van der Waals surface area (Å²) < 4.78 is 28.8. The minimum atomic E-state index is -3.93. The average molecular weight is 407 g/mol. The van der Waals surface area contributed by atoms with Crippen molar-refractivity contribution < 1.29 is 13.3 Å². The fourth-order valence-electron chi connectivity index (χ4n) is 3.26. The second kappa shape index (κ2) is 7.50. The number of non-ortho nitro benzene ring substituents is 1. The van der Waals surface area contributed by atoms with Crippen LogP contribution in [0.1, 0.15) is 17.2 Å². The highest BCUT2D eigenvalue weighted by atomic mass is 32.2. The van der Waals surface area contributed by atoms with Crippen LogP contribution in [0.25, 0.3) is 10.9 Å². The number of nitro groups is 1. The lowest BCUT2D eigenvalue weighted by atomic mass is 9.99. The van der Waals surface area contributed by atoms with Gasteiger partial charge in [-0.05, 0) is 29.3 Å². The van der Waals surface area contributed by atoms with Crippen LogP contribution < -0.4 is 4.72 Å². The molecule has 8 heteroatoms. The molecule has 0 aliphatic rings. The third-order valence-corrected chi connectivity index (χ3v) is 6.13. The van der Waals surface area contributed by atoms with E-state index in [9.17, 15) is 18.5 Å². The fraction of sp³-hybridized carbons (Fsp3) is 0.0476. The molecule has 1 atom stereocenters. The number of aromatic nitrogens is 1. The van der Waals surface area contributed by atoms with Crippen LogP contribution in [0.4, 0.5) is 5.69 Å². The van der Waals surface area contributed by atoms with Crippen molar-refractivity contribution in [1.82, 2.24) is 9.71 Å². The van der Waals surface area contributed by atoms with Gasteiger partial charge in [-0.25, -0.2) is 8.42 Å². The van der Waals surface area contributed by atoms with E-state index in [-0.39, 0.29) is 10.6 Å². The molecule has 0 bridgehead atoms. The largest absolute Gasteiger partial charge is 0.361 e. The SMILES string of the molecule is O=[N+]([O-])c1ccc(S(=O)(=O)N[C@@H](c2ccccc2)c2c[nH]c3ccccc23)cc1. The zero-order chi connectivity index (χ0) is 20.4. The molecule has 29 heavy (non-hydrogen) atoms. The predicted octanol–water partition coefficient (Wildman–Crippen LogP) is 4.14. The molecule has 7 nitrogen and oxygen atoms in total.